The summed E-state index contributed by atoms with van der Waals surface area (Å²) in [6.45, 7) is 2.35. The second-order valence-electron chi connectivity index (χ2n) is 4.30. The molecular formula is C15H15ClFNO. The van der Waals surface area contributed by atoms with E-state index in [0.29, 0.717) is 29.5 Å². The van der Waals surface area contributed by atoms with Gasteiger partial charge in [0.25, 0.3) is 0 Å². The van der Waals surface area contributed by atoms with Gasteiger partial charge in [-0.2, -0.15) is 0 Å². The van der Waals surface area contributed by atoms with Crippen molar-refractivity contribution >= 4 is 11.6 Å². The van der Waals surface area contributed by atoms with Crippen molar-refractivity contribution in [3.05, 3.63) is 58.4 Å². The van der Waals surface area contributed by atoms with Gasteiger partial charge in [0.1, 0.15) is 17.3 Å². The van der Waals surface area contributed by atoms with E-state index in [1.807, 2.05) is 13.0 Å². The summed E-state index contributed by atoms with van der Waals surface area (Å²) in [6.07, 6.45) is 0.569. The minimum Gasteiger partial charge on any atom is -0.457 e. The van der Waals surface area contributed by atoms with Gasteiger partial charge in [0.2, 0.25) is 0 Å². The Morgan fingerprint density at radius 1 is 1.16 bits per heavy atom. The topological polar surface area (TPSA) is 35.2 Å². The van der Waals surface area contributed by atoms with Crippen LogP contribution in [0.4, 0.5) is 4.39 Å². The molecule has 0 saturated heterocycles. The SMILES string of the molecule is Cc1cc(Cl)ccc1Oc1ccc(F)cc1CCN. The second kappa shape index (κ2) is 6.04. The Balaban J connectivity index is 2.32. The van der Waals surface area contributed by atoms with Gasteiger partial charge in [-0.15, -0.1) is 0 Å². The first kappa shape index (κ1) is 13.8. The van der Waals surface area contributed by atoms with E-state index in [9.17, 15) is 4.39 Å². The summed E-state index contributed by atoms with van der Waals surface area (Å²) in [5.74, 6) is 1.04. The van der Waals surface area contributed by atoms with Crippen molar-refractivity contribution in [1.29, 1.82) is 0 Å². The van der Waals surface area contributed by atoms with Crippen LogP contribution in [0.2, 0.25) is 5.02 Å². The van der Waals surface area contributed by atoms with Crippen LogP contribution in [0.15, 0.2) is 36.4 Å². The van der Waals surface area contributed by atoms with Crippen LogP contribution in [0.5, 0.6) is 11.5 Å². The van der Waals surface area contributed by atoms with Gasteiger partial charge < -0.3 is 10.5 Å². The standard InChI is InChI=1S/C15H15ClFNO/c1-10-8-12(16)2-4-14(10)19-15-5-3-13(17)9-11(15)6-7-18/h2-5,8-9H,6-7,18H2,1H3. The van der Waals surface area contributed by atoms with Gasteiger partial charge in [0.05, 0.1) is 0 Å². The van der Waals surface area contributed by atoms with Gasteiger partial charge >= 0.3 is 0 Å². The predicted octanol–water partition coefficient (Wildman–Crippen LogP) is 4.08. The number of nitrogens with two attached hydrogens (primary N) is 1. The third-order valence-electron chi connectivity index (χ3n) is 2.79. The predicted molar refractivity (Wildman–Crippen MR) is 75.4 cm³/mol. The summed E-state index contributed by atoms with van der Waals surface area (Å²) < 4.78 is 19.0. The highest BCUT2D eigenvalue weighted by atomic mass is 35.5. The van der Waals surface area contributed by atoms with Crippen molar-refractivity contribution in [2.24, 2.45) is 5.73 Å². The summed E-state index contributed by atoms with van der Waals surface area (Å²) in [5.41, 5.74) is 7.21. The molecule has 0 aliphatic heterocycles. The quantitative estimate of drug-likeness (QED) is 0.915. The normalized spacial score (nSPS) is 10.5. The zero-order valence-corrected chi connectivity index (χ0v) is 11.4. The summed E-state index contributed by atoms with van der Waals surface area (Å²) in [4.78, 5) is 0. The van der Waals surface area contributed by atoms with Crippen molar-refractivity contribution in [3.63, 3.8) is 0 Å². The first-order valence-corrected chi connectivity index (χ1v) is 6.40. The van der Waals surface area contributed by atoms with Crippen molar-refractivity contribution in [2.45, 2.75) is 13.3 Å². The summed E-state index contributed by atoms with van der Waals surface area (Å²) in [7, 11) is 0. The van der Waals surface area contributed by atoms with Crippen LogP contribution in [-0.4, -0.2) is 6.54 Å². The Morgan fingerprint density at radius 3 is 2.58 bits per heavy atom. The highest BCUT2D eigenvalue weighted by Crippen LogP contribution is 2.30. The molecule has 2 N–H and O–H groups in total. The molecule has 0 saturated carbocycles. The third kappa shape index (κ3) is 3.46. The Hall–Kier alpha value is -1.58. The van der Waals surface area contributed by atoms with E-state index in [2.05, 4.69) is 0 Å². The Morgan fingerprint density at radius 2 is 1.89 bits per heavy atom. The maximum absolute atomic E-state index is 13.2. The molecule has 2 nitrogen and oxygen atoms in total. The second-order valence-corrected chi connectivity index (χ2v) is 4.74. The summed E-state index contributed by atoms with van der Waals surface area (Å²) in [5, 5.41) is 0.658. The lowest BCUT2D eigenvalue weighted by Gasteiger charge is -2.13. The Kier molecular flexibility index (Phi) is 4.40. The summed E-state index contributed by atoms with van der Waals surface area (Å²) in [6, 6.07) is 9.83. The molecule has 2 aromatic rings. The van der Waals surface area contributed by atoms with E-state index in [0.717, 1.165) is 11.1 Å². The zero-order chi connectivity index (χ0) is 13.8. The maximum atomic E-state index is 13.2. The lowest BCUT2D eigenvalue weighted by atomic mass is 10.1. The molecule has 0 amide bonds. The number of ether oxygens (including phenoxy) is 1. The molecule has 0 atom stereocenters. The van der Waals surface area contributed by atoms with E-state index in [-0.39, 0.29) is 5.82 Å². The molecule has 0 unspecified atom stereocenters. The molecule has 0 fully saturated rings. The fraction of sp³-hybridized carbons (Fsp3) is 0.200. The van der Waals surface area contributed by atoms with Crippen molar-refractivity contribution in [2.75, 3.05) is 6.54 Å². The lowest BCUT2D eigenvalue weighted by Crippen LogP contribution is -2.04. The summed E-state index contributed by atoms with van der Waals surface area (Å²) >= 11 is 5.90. The van der Waals surface area contributed by atoms with E-state index >= 15 is 0 Å². The van der Waals surface area contributed by atoms with Crippen LogP contribution in [-0.2, 0) is 6.42 Å². The van der Waals surface area contributed by atoms with Crippen LogP contribution in [0.25, 0.3) is 0 Å². The van der Waals surface area contributed by atoms with Crippen LogP contribution in [0.1, 0.15) is 11.1 Å². The lowest BCUT2D eigenvalue weighted by molar-refractivity contribution is 0.470. The molecule has 0 aromatic heterocycles. The largest absolute Gasteiger partial charge is 0.457 e. The average Bonchev–Trinajstić information content (AvgIpc) is 2.36. The van der Waals surface area contributed by atoms with Gasteiger partial charge in [-0.1, -0.05) is 11.6 Å². The number of hydrogen-bond donors (Lipinski definition) is 1. The fourth-order valence-electron chi connectivity index (χ4n) is 1.84. The number of rotatable bonds is 4. The fourth-order valence-corrected chi connectivity index (χ4v) is 2.07. The zero-order valence-electron chi connectivity index (χ0n) is 10.6. The van der Waals surface area contributed by atoms with Gasteiger partial charge in [-0.3, -0.25) is 0 Å². The smallest absolute Gasteiger partial charge is 0.130 e. The molecule has 2 aromatic carbocycles. The third-order valence-corrected chi connectivity index (χ3v) is 3.03. The molecule has 0 heterocycles. The molecule has 2 rings (SSSR count). The monoisotopic (exact) mass is 279 g/mol. The number of hydrogen-bond acceptors (Lipinski definition) is 2. The van der Waals surface area contributed by atoms with Crippen molar-refractivity contribution in [1.82, 2.24) is 0 Å². The van der Waals surface area contributed by atoms with E-state index < -0.39 is 0 Å². The Labute approximate surface area is 117 Å². The first-order valence-electron chi connectivity index (χ1n) is 6.02. The highest BCUT2D eigenvalue weighted by molar-refractivity contribution is 6.30. The van der Waals surface area contributed by atoms with E-state index in [4.69, 9.17) is 22.1 Å². The average molecular weight is 280 g/mol. The molecule has 0 bridgehead atoms. The molecule has 4 heteroatoms. The van der Waals surface area contributed by atoms with Crippen LogP contribution in [0.3, 0.4) is 0 Å². The minimum absolute atomic E-state index is 0.288. The minimum atomic E-state index is -0.288. The van der Waals surface area contributed by atoms with Gasteiger partial charge in [0.15, 0.2) is 0 Å². The number of halogens is 2. The molecule has 0 spiro atoms. The Bertz CT molecular complexity index is 586. The molecule has 100 valence electrons. The van der Waals surface area contributed by atoms with Crippen LogP contribution >= 0.6 is 11.6 Å². The number of benzene rings is 2. The maximum Gasteiger partial charge on any atom is 0.130 e. The van der Waals surface area contributed by atoms with Crippen molar-refractivity contribution in [3.8, 4) is 11.5 Å². The van der Waals surface area contributed by atoms with E-state index in [1.165, 1.54) is 12.1 Å². The number of aryl methyl sites for hydroxylation is 1. The van der Waals surface area contributed by atoms with Crippen LogP contribution < -0.4 is 10.5 Å². The molecule has 0 aliphatic carbocycles. The van der Waals surface area contributed by atoms with Crippen LogP contribution in [0, 0.1) is 12.7 Å². The highest BCUT2D eigenvalue weighted by Gasteiger charge is 2.08. The molecule has 0 radical (unpaired) electrons. The van der Waals surface area contributed by atoms with Gasteiger partial charge in [-0.25, -0.2) is 4.39 Å². The van der Waals surface area contributed by atoms with E-state index in [1.54, 1.807) is 18.2 Å². The molecule has 0 aliphatic rings. The van der Waals surface area contributed by atoms with Gasteiger partial charge in [0, 0.05) is 5.02 Å². The molecule has 19 heavy (non-hydrogen) atoms. The first-order chi connectivity index (χ1) is 9.10. The van der Waals surface area contributed by atoms with Gasteiger partial charge in [-0.05, 0) is 67.4 Å². The van der Waals surface area contributed by atoms with Crippen molar-refractivity contribution < 1.29 is 9.13 Å². The molecular weight excluding hydrogens is 265 g/mol.